The van der Waals surface area contributed by atoms with Crippen LogP contribution in [-0.2, 0) is 16.1 Å². The average Bonchev–Trinajstić information content (AvgIpc) is 2.57. The van der Waals surface area contributed by atoms with Crippen LogP contribution in [0.4, 0.5) is 0 Å². The molecule has 90 valence electrons. The van der Waals surface area contributed by atoms with Crippen LogP contribution in [0.1, 0.15) is 32.3 Å². The predicted octanol–water partition coefficient (Wildman–Crippen LogP) is 2.02. The summed E-state index contributed by atoms with van der Waals surface area (Å²) in [4.78, 5) is 11.4. The molecule has 1 amide bonds. The minimum absolute atomic E-state index is 0.0726. The zero-order chi connectivity index (χ0) is 12.2. The number of rotatable bonds is 4. The highest BCUT2D eigenvalue weighted by molar-refractivity contribution is 5.77. The third-order valence-corrected chi connectivity index (χ3v) is 1.89. The first kappa shape index (κ1) is 12.8. The van der Waals surface area contributed by atoms with E-state index in [-0.39, 0.29) is 18.1 Å². The second-order valence-electron chi connectivity index (χ2n) is 4.69. The quantitative estimate of drug-likeness (QED) is 0.852. The standard InChI is InChI=1S/C12H19NO3/c1-9-5-6-10(16-9)7-13-11(14)8-15-12(2,3)4/h5-6H,7-8H2,1-4H3,(H,13,14). The SMILES string of the molecule is Cc1ccc(CNC(=O)COC(C)(C)C)o1. The molecule has 0 aliphatic heterocycles. The Labute approximate surface area is 96.0 Å². The van der Waals surface area contributed by atoms with Crippen molar-refractivity contribution < 1.29 is 13.9 Å². The van der Waals surface area contributed by atoms with Crippen LogP contribution in [0.2, 0.25) is 0 Å². The number of hydrogen-bond donors (Lipinski definition) is 1. The fraction of sp³-hybridized carbons (Fsp3) is 0.583. The Morgan fingerprint density at radius 2 is 2.12 bits per heavy atom. The summed E-state index contributed by atoms with van der Waals surface area (Å²) in [5, 5.41) is 2.73. The lowest BCUT2D eigenvalue weighted by atomic mass is 10.2. The van der Waals surface area contributed by atoms with Gasteiger partial charge in [0.05, 0.1) is 12.1 Å². The normalized spacial score (nSPS) is 11.5. The van der Waals surface area contributed by atoms with Crippen molar-refractivity contribution >= 4 is 5.91 Å². The number of furan rings is 1. The number of aryl methyl sites for hydroxylation is 1. The molecule has 1 aromatic rings. The molecular weight excluding hydrogens is 206 g/mol. The molecule has 4 nitrogen and oxygen atoms in total. The maximum absolute atomic E-state index is 11.4. The maximum Gasteiger partial charge on any atom is 0.246 e. The second kappa shape index (κ2) is 5.16. The number of ether oxygens (including phenoxy) is 1. The van der Waals surface area contributed by atoms with E-state index in [4.69, 9.17) is 9.15 Å². The van der Waals surface area contributed by atoms with E-state index in [1.807, 2.05) is 39.8 Å². The molecule has 0 spiro atoms. The lowest BCUT2D eigenvalue weighted by Gasteiger charge is -2.18. The summed E-state index contributed by atoms with van der Waals surface area (Å²) in [7, 11) is 0. The van der Waals surface area contributed by atoms with Crippen LogP contribution in [0.15, 0.2) is 16.5 Å². The lowest BCUT2D eigenvalue weighted by molar-refractivity contribution is -0.130. The van der Waals surface area contributed by atoms with Gasteiger partial charge in [-0.15, -0.1) is 0 Å². The van der Waals surface area contributed by atoms with E-state index in [1.54, 1.807) is 0 Å². The molecule has 0 aromatic carbocycles. The van der Waals surface area contributed by atoms with E-state index in [2.05, 4.69) is 5.32 Å². The molecule has 1 rings (SSSR count). The Kier molecular flexibility index (Phi) is 4.12. The number of carbonyl (C=O) groups excluding carboxylic acids is 1. The average molecular weight is 225 g/mol. The highest BCUT2D eigenvalue weighted by atomic mass is 16.5. The van der Waals surface area contributed by atoms with Gasteiger partial charge in [-0.3, -0.25) is 4.79 Å². The molecular formula is C12H19NO3. The summed E-state index contributed by atoms with van der Waals surface area (Å²) in [5.74, 6) is 1.46. The summed E-state index contributed by atoms with van der Waals surface area (Å²) >= 11 is 0. The molecule has 0 aliphatic carbocycles. The first-order valence-electron chi connectivity index (χ1n) is 5.33. The van der Waals surface area contributed by atoms with Crippen molar-refractivity contribution in [2.24, 2.45) is 0 Å². The smallest absolute Gasteiger partial charge is 0.246 e. The van der Waals surface area contributed by atoms with Gasteiger partial charge in [-0.2, -0.15) is 0 Å². The van der Waals surface area contributed by atoms with Gasteiger partial charge < -0.3 is 14.5 Å². The monoisotopic (exact) mass is 225 g/mol. The van der Waals surface area contributed by atoms with Gasteiger partial charge in [0.25, 0.3) is 0 Å². The van der Waals surface area contributed by atoms with Crippen molar-refractivity contribution in [2.75, 3.05) is 6.61 Å². The van der Waals surface area contributed by atoms with Crippen molar-refractivity contribution in [1.29, 1.82) is 0 Å². The largest absolute Gasteiger partial charge is 0.465 e. The van der Waals surface area contributed by atoms with E-state index >= 15 is 0 Å². The van der Waals surface area contributed by atoms with E-state index in [1.165, 1.54) is 0 Å². The van der Waals surface area contributed by atoms with Crippen molar-refractivity contribution in [2.45, 2.75) is 39.8 Å². The summed E-state index contributed by atoms with van der Waals surface area (Å²) in [6.45, 7) is 8.08. The van der Waals surface area contributed by atoms with Crippen molar-refractivity contribution in [3.8, 4) is 0 Å². The predicted molar refractivity (Wildman–Crippen MR) is 61.0 cm³/mol. The maximum atomic E-state index is 11.4. The fourth-order valence-electron chi connectivity index (χ4n) is 1.10. The summed E-state index contributed by atoms with van der Waals surface area (Å²) in [6.07, 6.45) is 0. The molecule has 0 atom stereocenters. The van der Waals surface area contributed by atoms with Gasteiger partial charge in [0.15, 0.2) is 0 Å². The Morgan fingerprint density at radius 1 is 1.44 bits per heavy atom. The zero-order valence-corrected chi connectivity index (χ0v) is 10.3. The van der Waals surface area contributed by atoms with Crippen molar-refractivity contribution in [1.82, 2.24) is 5.32 Å². The molecule has 0 radical (unpaired) electrons. The third-order valence-electron chi connectivity index (χ3n) is 1.89. The summed E-state index contributed by atoms with van der Waals surface area (Å²) in [5.41, 5.74) is -0.293. The highest BCUT2D eigenvalue weighted by Gasteiger charge is 2.12. The van der Waals surface area contributed by atoms with Gasteiger partial charge in [0.2, 0.25) is 5.91 Å². The fourth-order valence-corrected chi connectivity index (χ4v) is 1.10. The van der Waals surface area contributed by atoms with Gasteiger partial charge >= 0.3 is 0 Å². The molecule has 16 heavy (non-hydrogen) atoms. The van der Waals surface area contributed by atoms with Gasteiger partial charge in [0.1, 0.15) is 18.1 Å². The van der Waals surface area contributed by atoms with E-state index in [0.29, 0.717) is 6.54 Å². The second-order valence-corrected chi connectivity index (χ2v) is 4.69. The summed E-state index contributed by atoms with van der Waals surface area (Å²) < 4.78 is 10.7. The van der Waals surface area contributed by atoms with Crippen LogP contribution < -0.4 is 5.32 Å². The molecule has 0 bridgehead atoms. The number of hydrogen-bond acceptors (Lipinski definition) is 3. The highest BCUT2D eigenvalue weighted by Crippen LogP contribution is 2.07. The minimum atomic E-state index is -0.293. The van der Waals surface area contributed by atoms with Crippen molar-refractivity contribution in [3.63, 3.8) is 0 Å². The zero-order valence-electron chi connectivity index (χ0n) is 10.3. The summed E-state index contributed by atoms with van der Waals surface area (Å²) in [6, 6.07) is 3.72. The molecule has 1 aromatic heterocycles. The Hall–Kier alpha value is -1.29. The first-order valence-corrected chi connectivity index (χ1v) is 5.33. The van der Waals surface area contributed by atoms with Crippen LogP contribution in [-0.4, -0.2) is 18.1 Å². The Morgan fingerprint density at radius 3 is 2.62 bits per heavy atom. The Balaban J connectivity index is 2.25. The molecule has 0 saturated heterocycles. The molecule has 1 N–H and O–H groups in total. The van der Waals surface area contributed by atoms with Crippen LogP contribution in [0.3, 0.4) is 0 Å². The molecule has 0 unspecified atom stereocenters. The molecule has 0 fully saturated rings. The van der Waals surface area contributed by atoms with E-state index in [9.17, 15) is 4.79 Å². The van der Waals surface area contributed by atoms with Gasteiger partial charge in [0, 0.05) is 0 Å². The van der Waals surface area contributed by atoms with E-state index in [0.717, 1.165) is 11.5 Å². The lowest BCUT2D eigenvalue weighted by Crippen LogP contribution is -2.31. The molecule has 0 saturated carbocycles. The molecule has 1 heterocycles. The van der Waals surface area contributed by atoms with Crippen LogP contribution in [0, 0.1) is 6.92 Å². The van der Waals surface area contributed by atoms with E-state index < -0.39 is 0 Å². The number of carbonyl (C=O) groups is 1. The minimum Gasteiger partial charge on any atom is -0.465 e. The van der Waals surface area contributed by atoms with Crippen LogP contribution in [0.5, 0.6) is 0 Å². The van der Waals surface area contributed by atoms with Gasteiger partial charge in [-0.25, -0.2) is 0 Å². The van der Waals surface area contributed by atoms with Crippen LogP contribution in [0.25, 0.3) is 0 Å². The number of amides is 1. The van der Waals surface area contributed by atoms with Crippen molar-refractivity contribution in [3.05, 3.63) is 23.7 Å². The van der Waals surface area contributed by atoms with Gasteiger partial charge in [-0.1, -0.05) is 0 Å². The molecule has 0 aliphatic rings. The van der Waals surface area contributed by atoms with Crippen LogP contribution >= 0.6 is 0 Å². The molecule has 4 heteroatoms. The number of nitrogens with one attached hydrogen (secondary N) is 1. The van der Waals surface area contributed by atoms with Gasteiger partial charge in [-0.05, 0) is 39.8 Å². The Bertz CT molecular complexity index is 349. The first-order chi connectivity index (χ1) is 7.37. The topological polar surface area (TPSA) is 51.5 Å². The third kappa shape index (κ3) is 4.98.